The van der Waals surface area contributed by atoms with E-state index in [1.165, 1.54) is 0 Å². The lowest BCUT2D eigenvalue weighted by Crippen LogP contribution is -2.38. The molecule has 0 heterocycles. The van der Waals surface area contributed by atoms with Gasteiger partial charge in [-0.15, -0.1) is 0 Å². The van der Waals surface area contributed by atoms with Gasteiger partial charge in [-0.05, 0) is 5.56 Å². The summed E-state index contributed by atoms with van der Waals surface area (Å²) in [6, 6.07) is 8.53. The van der Waals surface area contributed by atoms with Crippen molar-refractivity contribution in [2.45, 2.75) is 12.8 Å². The maximum absolute atomic E-state index is 12.5. The van der Waals surface area contributed by atoms with E-state index >= 15 is 0 Å². The number of carbonyl (C=O) groups is 2. The predicted molar refractivity (Wildman–Crippen MR) is 46.1 cm³/mol. The van der Waals surface area contributed by atoms with Crippen LogP contribution in [-0.4, -0.2) is 18.1 Å². The second kappa shape index (κ2) is 5.09. The van der Waals surface area contributed by atoms with E-state index in [1.54, 1.807) is 30.3 Å². The van der Waals surface area contributed by atoms with Crippen LogP contribution in [0.4, 0.5) is 4.39 Å². The molecule has 0 aliphatic rings. The van der Waals surface area contributed by atoms with Gasteiger partial charge in [-0.1, -0.05) is 30.3 Å². The van der Waals surface area contributed by atoms with E-state index < -0.39 is 18.1 Å². The average Bonchev–Trinajstić information content (AvgIpc) is 2.26. The van der Waals surface area contributed by atoms with E-state index in [1.807, 2.05) is 0 Å². The quantitative estimate of drug-likeness (QED) is 0.511. The van der Waals surface area contributed by atoms with Gasteiger partial charge in [0.2, 0.25) is 6.17 Å². The van der Waals surface area contributed by atoms with Crippen LogP contribution in [-0.2, 0) is 20.9 Å². The standard InChI is InChI=1S/C10H9FO4/c11-8(9(12)13)10(14)15-6-7-4-2-1-3-5-7/h1-5,8H,6H2,(H,12,13)/p-1/t8-/m0/s1. The van der Waals surface area contributed by atoms with Gasteiger partial charge in [-0.25, -0.2) is 9.18 Å². The van der Waals surface area contributed by atoms with Crippen LogP contribution in [0.3, 0.4) is 0 Å². The Morgan fingerprint density at radius 3 is 2.47 bits per heavy atom. The molecule has 0 spiro atoms. The van der Waals surface area contributed by atoms with E-state index in [0.717, 1.165) is 0 Å². The normalized spacial score (nSPS) is 11.8. The first-order valence-corrected chi connectivity index (χ1v) is 4.16. The number of esters is 1. The molecule has 1 aromatic carbocycles. The first-order valence-electron chi connectivity index (χ1n) is 4.16. The summed E-state index contributed by atoms with van der Waals surface area (Å²) in [6.07, 6.45) is -2.73. The summed E-state index contributed by atoms with van der Waals surface area (Å²) < 4.78 is 16.9. The second-order valence-corrected chi connectivity index (χ2v) is 2.77. The summed E-state index contributed by atoms with van der Waals surface area (Å²) >= 11 is 0. The summed E-state index contributed by atoms with van der Waals surface area (Å²) in [5.74, 6) is -3.54. The number of rotatable bonds is 4. The molecule has 0 N–H and O–H groups in total. The molecular formula is C10H8FO4-. The third kappa shape index (κ3) is 3.38. The second-order valence-electron chi connectivity index (χ2n) is 2.77. The number of carbonyl (C=O) groups excluding carboxylic acids is 2. The van der Waals surface area contributed by atoms with Crippen LogP contribution >= 0.6 is 0 Å². The Bertz CT molecular complexity index is 350. The predicted octanol–water partition coefficient (Wildman–Crippen LogP) is -0.182. The minimum atomic E-state index is -2.73. The molecule has 80 valence electrons. The Morgan fingerprint density at radius 2 is 1.93 bits per heavy atom. The fourth-order valence-corrected chi connectivity index (χ4v) is 0.898. The van der Waals surface area contributed by atoms with Crippen LogP contribution in [0.1, 0.15) is 5.56 Å². The van der Waals surface area contributed by atoms with Crippen molar-refractivity contribution in [1.82, 2.24) is 0 Å². The molecule has 4 nitrogen and oxygen atoms in total. The smallest absolute Gasteiger partial charge is 0.347 e. The molecule has 0 unspecified atom stereocenters. The molecule has 5 heteroatoms. The highest BCUT2D eigenvalue weighted by Crippen LogP contribution is 2.02. The van der Waals surface area contributed by atoms with Crippen LogP contribution in [0.2, 0.25) is 0 Å². The number of ether oxygens (including phenoxy) is 1. The third-order valence-corrected chi connectivity index (χ3v) is 1.64. The molecule has 1 atom stereocenters. The van der Waals surface area contributed by atoms with Crippen molar-refractivity contribution in [2.24, 2.45) is 0 Å². The first-order chi connectivity index (χ1) is 7.11. The highest BCUT2D eigenvalue weighted by atomic mass is 19.1. The highest BCUT2D eigenvalue weighted by molar-refractivity contribution is 5.95. The number of carboxylic acids is 1. The summed E-state index contributed by atoms with van der Waals surface area (Å²) in [5.41, 5.74) is 0.649. The monoisotopic (exact) mass is 211 g/mol. The molecule has 0 amide bonds. The molecule has 1 aromatic rings. The average molecular weight is 211 g/mol. The van der Waals surface area contributed by atoms with Crippen LogP contribution in [0.25, 0.3) is 0 Å². The fourth-order valence-electron chi connectivity index (χ4n) is 0.898. The van der Waals surface area contributed by atoms with Gasteiger partial charge in [0.25, 0.3) is 0 Å². The molecule has 0 aliphatic heterocycles. The fraction of sp³-hybridized carbons (Fsp3) is 0.200. The maximum Gasteiger partial charge on any atom is 0.347 e. The summed E-state index contributed by atoms with van der Waals surface area (Å²) in [4.78, 5) is 20.7. The number of benzene rings is 1. The Morgan fingerprint density at radius 1 is 1.33 bits per heavy atom. The van der Waals surface area contributed by atoms with Gasteiger partial charge in [-0.2, -0.15) is 0 Å². The minimum Gasteiger partial charge on any atom is -0.546 e. The topological polar surface area (TPSA) is 66.4 Å². The minimum absolute atomic E-state index is 0.159. The van der Waals surface area contributed by atoms with Crippen molar-refractivity contribution in [2.75, 3.05) is 0 Å². The van der Waals surface area contributed by atoms with Gasteiger partial charge >= 0.3 is 5.97 Å². The molecule has 0 fully saturated rings. The zero-order valence-corrected chi connectivity index (χ0v) is 7.68. The highest BCUT2D eigenvalue weighted by Gasteiger charge is 2.19. The Labute approximate surface area is 85.3 Å². The van der Waals surface area contributed by atoms with Crippen molar-refractivity contribution in [3.8, 4) is 0 Å². The van der Waals surface area contributed by atoms with Crippen molar-refractivity contribution < 1.29 is 23.8 Å². The number of carboxylic acid groups (broad SMARTS) is 1. The van der Waals surface area contributed by atoms with Crippen molar-refractivity contribution in [1.29, 1.82) is 0 Å². The number of halogens is 1. The van der Waals surface area contributed by atoms with Crippen molar-refractivity contribution >= 4 is 11.9 Å². The third-order valence-electron chi connectivity index (χ3n) is 1.64. The summed E-state index contributed by atoms with van der Waals surface area (Å²) in [5, 5.41) is 9.97. The van der Waals surface area contributed by atoms with Crippen LogP contribution in [0, 0.1) is 0 Å². The molecule has 0 aliphatic carbocycles. The summed E-state index contributed by atoms with van der Waals surface area (Å²) in [7, 11) is 0. The molecule has 0 radical (unpaired) electrons. The number of aliphatic carboxylic acids is 1. The van der Waals surface area contributed by atoms with E-state index in [4.69, 9.17) is 0 Å². The lowest BCUT2D eigenvalue weighted by molar-refractivity contribution is -0.311. The van der Waals surface area contributed by atoms with E-state index in [-0.39, 0.29) is 6.61 Å². The largest absolute Gasteiger partial charge is 0.546 e. The maximum atomic E-state index is 12.5. The summed E-state index contributed by atoms with van der Waals surface area (Å²) in [6.45, 7) is -0.159. The van der Waals surface area contributed by atoms with Crippen molar-refractivity contribution in [3.63, 3.8) is 0 Å². The lowest BCUT2D eigenvalue weighted by Gasteiger charge is -2.09. The van der Waals surface area contributed by atoms with Crippen LogP contribution in [0.15, 0.2) is 30.3 Å². The molecule has 0 aromatic heterocycles. The van der Waals surface area contributed by atoms with Gasteiger partial charge in [0, 0.05) is 0 Å². The first kappa shape index (κ1) is 11.2. The molecular weight excluding hydrogens is 203 g/mol. The van der Waals surface area contributed by atoms with Gasteiger partial charge in [0.1, 0.15) is 6.61 Å². The molecule has 0 saturated heterocycles. The molecule has 0 bridgehead atoms. The number of hydrogen-bond acceptors (Lipinski definition) is 4. The molecule has 15 heavy (non-hydrogen) atoms. The zero-order chi connectivity index (χ0) is 11.3. The van der Waals surface area contributed by atoms with E-state index in [0.29, 0.717) is 5.56 Å². The van der Waals surface area contributed by atoms with Crippen molar-refractivity contribution in [3.05, 3.63) is 35.9 Å². The van der Waals surface area contributed by atoms with Gasteiger partial charge in [0.05, 0.1) is 5.97 Å². The SMILES string of the molecule is O=C([O-])[C@H](F)C(=O)OCc1ccccc1. The van der Waals surface area contributed by atoms with Gasteiger partial charge in [-0.3, -0.25) is 0 Å². The van der Waals surface area contributed by atoms with E-state index in [9.17, 15) is 19.1 Å². The Balaban J connectivity index is 2.44. The lowest BCUT2D eigenvalue weighted by atomic mass is 10.2. The molecule has 1 rings (SSSR count). The Hall–Kier alpha value is -1.91. The number of alkyl halides is 1. The number of hydrogen-bond donors (Lipinski definition) is 0. The Kier molecular flexibility index (Phi) is 3.79. The van der Waals surface area contributed by atoms with Crippen LogP contribution in [0.5, 0.6) is 0 Å². The van der Waals surface area contributed by atoms with Crippen LogP contribution < -0.4 is 5.11 Å². The van der Waals surface area contributed by atoms with Gasteiger partial charge < -0.3 is 14.6 Å². The van der Waals surface area contributed by atoms with Gasteiger partial charge in [0.15, 0.2) is 0 Å². The zero-order valence-electron chi connectivity index (χ0n) is 7.68. The molecule has 0 saturated carbocycles. The van der Waals surface area contributed by atoms with E-state index in [2.05, 4.69) is 4.74 Å².